The SMILES string of the molecule is Brc1ccccc1-c1nc(-c2ccccc2)nc(-c2cccc3ccccc23)n1. The number of halogens is 1. The molecule has 3 nitrogen and oxygen atoms in total. The summed E-state index contributed by atoms with van der Waals surface area (Å²) in [5.74, 6) is 1.98. The second-order valence-electron chi connectivity index (χ2n) is 6.68. The predicted molar refractivity (Wildman–Crippen MR) is 121 cm³/mol. The first kappa shape index (κ1) is 17.7. The summed E-state index contributed by atoms with van der Waals surface area (Å²) in [6.07, 6.45) is 0. The summed E-state index contributed by atoms with van der Waals surface area (Å²) in [5.41, 5.74) is 2.90. The van der Waals surface area contributed by atoms with Gasteiger partial charge in [-0.2, -0.15) is 0 Å². The molecule has 0 atom stereocenters. The molecule has 0 aliphatic heterocycles. The number of rotatable bonds is 3. The summed E-state index contributed by atoms with van der Waals surface area (Å²) in [5, 5.41) is 2.28. The maximum Gasteiger partial charge on any atom is 0.165 e. The predicted octanol–water partition coefficient (Wildman–Crippen LogP) is 6.79. The second kappa shape index (κ2) is 7.57. The molecule has 138 valence electrons. The van der Waals surface area contributed by atoms with Gasteiger partial charge in [0.2, 0.25) is 0 Å². The number of aromatic nitrogens is 3. The molecule has 0 amide bonds. The average Bonchev–Trinajstić information content (AvgIpc) is 2.79. The third-order valence-electron chi connectivity index (χ3n) is 4.81. The number of benzene rings is 4. The standard InChI is InChI=1S/C25H16BrN3/c26-22-16-7-6-14-21(22)25-28-23(18-10-2-1-3-11-18)27-24(29-25)20-15-8-12-17-9-4-5-13-19(17)20/h1-16H. The summed E-state index contributed by atoms with van der Waals surface area (Å²) >= 11 is 3.63. The van der Waals surface area contributed by atoms with Crippen molar-refractivity contribution in [2.75, 3.05) is 0 Å². The lowest BCUT2D eigenvalue weighted by Crippen LogP contribution is -2.00. The Balaban J connectivity index is 1.79. The Morgan fingerprint density at radius 1 is 0.483 bits per heavy atom. The molecule has 5 rings (SSSR count). The molecule has 4 heteroatoms. The van der Waals surface area contributed by atoms with Gasteiger partial charge in [0, 0.05) is 21.2 Å². The highest BCUT2D eigenvalue weighted by atomic mass is 79.9. The van der Waals surface area contributed by atoms with Gasteiger partial charge >= 0.3 is 0 Å². The van der Waals surface area contributed by atoms with Crippen LogP contribution in [0.25, 0.3) is 44.9 Å². The van der Waals surface area contributed by atoms with E-state index in [4.69, 9.17) is 15.0 Å². The minimum atomic E-state index is 0.647. The summed E-state index contributed by atoms with van der Waals surface area (Å²) in [6, 6.07) is 32.5. The van der Waals surface area contributed by atoms with E-state index in [1.54, 1.807) is 0 Å². The van der Waals surface area contributed by atoms with E-state index in [0.717, 1.165) is 31.9 Å². The van der Waals surface area contributed by atoms with Gasteiger partial charge in [0.05, 0.1) is 0 Å². The highest BCUT2D eigenvalue weighted by Gasteiger charge is 2.15. The van der Waals surface area contributed by atoms with E-state index in [2.05, 4.69) is 40.2 Å². The van der Waals surface area contributed by atoms with E-state index in [1.165, 1.54) is 0 Å². The van der Waals surface area contributed by atoms with Gasteiger partial charge in [-0.1, -0.05) is 107 Å². The first-order valence-electron chi connectivity index (χ1n) is 9.34. The van der Waals surface area contributed by atoms with Crippen LogP contribution in [0.4, 0.5) is 0 Å². The van der Waals surface area contributed by atoms with Gasteiger partial charge in [-0.05, 0) is 16.8 Å². The Labute approximate surface area is 177 Å². The fraction of sp³-hybridized carbons (Fsp3) is 0. The van der Waals surface area contributed by atoms with Crippen molar-refractivity contribution in [2.45, 2.75) is 0 Å². The fourth-order valence-corrected chi connectivity index (χ4v) is 3.86. The van der Waals surface area contributed by atoms with E-state index >= 15 is 0 Å². The molecule has 0 saturated heterocycles. The molecule has 0 saturated carbocycles. The lowest BCUT2D eigenvalue weighted by Gasteiger charge is -2.11. The molecule has 0 radical (unpaired) electrons. The summed E-state index contributed by atoms with van der Waals surface area (Å²) in [6.45, 7) is 0. The molecule has 0 fully saturated rings. The molecule has 0 aliphatic rings. The van der Waals surface area contributed by atoms with E-state index < -0.39 is 0 Å². The van der Waals surface area contributed by atoms with Crippen molar-refractivity contribution in [1.82, 2.24) is 15.0 Å². The lowest BCUT2D eigenvalue weighted by atomic mass is 10.0. The molecule has 1 aromatic heterocycles. The van der Waals surface area contributed by atoms with Crippen LogP contribution in [0.3, 0.4) is 0 Å². The first-order valence-corrected chi connectivity index (χ1v) is 10.1. The molecule has 0 unspecified atom stereocenters. The molecule has 29 heavy (non-hydrogen) atoms. The monoisotopic (exact) mass is 437 g/mol. The summed E-state index contributed by atoms with van der Waals surface area (Å²) in [4.78, 5) is 14.5. The van der Waals surface area contributed by atoms with Crippen LogP contribution in [0, 0.1) is 0 Å². The molecular formula is C25H16BrN3. The highest BCUT2D eigenvalue weighted by Crippen LogP contribution is 2.31. The molecular weight excluding hydrogens is 422 g/mol. The fourth-order valence-electron chi connectivity index (χ4n) is 3.40. The largest absolute Gasteiger partial charge is 0.208 e. The Morgan fingerprint density at radius 3 is 1.90 bits per heavy atom. The van der Waals surface area contributed by atoms with Gasteiger partial charge in [-0.3, -0.25) is 0 Å². The Morgan fingerprint density at radius 2 is 1.07 bits per heavy atom. The first-order chi connectivity index (χ1) is 14.3. The minimum absolute atomic E-state index is 0.647. The number of hydrogen-bond donors (Lipinski definition) is 0. The van der Waals surface area contributed by atoms with Crippen LogP contribution < -0.4 is 0 Å². The third kappa shape index (κ3) is 3.43. The molecule has 4 aromatic carbocycles. The number of fused-ring (bicyclic) bond motifs is 1. The van der Waals surface area contributed by atoms with Gasteiger partial charge < -0.3 is 0 Å². The van der Waals surface area contributed by atoms with Gasteiger partial charge in [0.1, 0.15) is 0 Å². The van der Waals surface area contributed by atoms with Crippen molar-refractivity contribution in [1.29, 1.82) is 0 Å². The zero-order valence-electron chi connectivity index (χ0n) is 15.5. The van der Waals surface area contributed by atoms with E-state index in [0.29, 0.717) is 17.5 Å². The number of hydrogen-bond acceptors (Lipinski definition) is 3. The van der Waals surface area contributed by atoms with E-state index in [1.807, 2.05) is 72.8 Å². The zero-order chi connectivity index (χ0) is 19.6. The Bertz CT molecular complexity index is 1310. The molecule has 0 bridgehead atoms. The van der Waals surface area contributed by atoms with Crippen molar-refractivity contribution in [3.8, 4) is 34.2 Å². The Hall–Kier alpha value is -3.37. The van der Waals surface area contributed by atoms with Crippen LogP contribution in [-0.2, 0) is 0 Å². The molecule has 5 aromatic rings. The van der Waals surface area contributed by atoms with Gasteiger partial charge in [-0.15, -0.1) is 0 Å². The summed E-state index contributed by atoms with van der Waals surface area (Å²) < 4.78 is 0.953. The molecule has 0 N–H and O–H groups in total. The van der Waals surface area contributed by atoms with Crippen LogP contribution >= 0.6 is 15.9 Å². The average molecular weight is 438 g/mol. The maximum absolute atomic E-state index is 4.86. The quantitative estimate of drug-likeness (QED) is 0.311. The minimum Gasteiger partial charge on any atom is -0.208 e. The maximum atomic E-state index is 4.86. The highest BCUT2D eigenvalue weighted by molar-refractivity contribution is 9.10. The van der Waals surface area contributed by atoms with Crippen LogP contribution in [-0.4, -0.2) is 15.0 Å². The van der Waals surface area contributed by atoms with Crippen LogP contribution in [0.2, 0.25) is 0 Å². The third-order valence-corrected chi connectivity index (χ3v) is 5.50. The molecule has 0 aliphatic carbocycles. The van der Waals surface area contributed by atoms with Crippen molar-refractivity contribution >= 4 is 26.7 Å². The van der Waals surface area contributed by atoms with E-state index in [9.17, 15) is 0 Å². The van der Waals surface area contributed by atoms with Crippen molar-refractivity contribution in [3.05, 3.63) is 102 Å². The molecule has 1 heterocycles. The van der Waals surface area contributed by atoms with Crippen LogP contribution in [0.1, 0.15) is 0 Å². The van der Waals surface area contributed by atoms with Gasteiger partial charge in [0.15, 0.2) is 17.5 Å². The van der Waals surface area contributed by atoms with Crippen molar-refractivity contribution < 1.29 is 0 Å². The molecule has 0 spiro atoms. The smallest absolute Gasteiger partial charge is 0.165 e. The van der Waals surface area contributed by atoms with Crippen LogP contribution in [0.5, 0.6) is 0 Å². The normalized spacial score (nSPS) is 10.9. The topological polar surface area (TPSA) is 38.7 Å². The zero-order valence-corrected chi connectivity index (χ0v) is 17.0. The van der Waals surface area contributed by atoms with Crippen molar-refractivity contribution in [3.63, 3.8) is 0 Å². The summed E-state index contributed by atoms with van der Waals surface area (Å²) in [7, 11) is 0. The second-order valence-corrected chi connectivity index (χ2v) is 7.53. The lowest BCUT2D eigenvalue weighted by molar-refractivity contribution is 1.07. The van der Waals surface area contributed by atoms with Crippen LogP contribution in [0.15, 0.2) is 102 Å². The van der Waals surface area contributed by atoms with Crippen molar-refractivity contribution in [2.24, 2.45) is 0 Å². The number of nitrogens with zero attached hydrogens (tertiary/aromatic N) is 3. The van der Waals surface area contributed by atoms with Gasteiger partial charge in [0.25, 0.3) is 0 Å². The van der Waals surface area contributed by atoms with E-state index in [-0.39, 0.29) is 0 Å². The Kier molecular flexibility index (Phi) is 4.62. The van der Waals surface area contributed by atoms with Gasteiger partial charge in [-0.25, -0.2) is 15.0 Å².